The molecule has 0 radical (unpaired) electrons. The van der Waals surface area contributed by atoms with Crippen molar-refractivity contribution in [3.8, 4) is 5.75 Å². The lowest BCUT2D eigenvalue weighted by molar-refractivity contribution is -0.123. The highest BCUT2D eigenvalue weighted by molar-refractivity contribution is 5.85. The average Bonchev–Trinajstić information content (AvgIpc) is 3.03. The van der Waals surface area contributed by atoms with Gasteiger partial charge in [0.15, 0.2) is 0 Å². The van der Waals surface area contributed by atoms with Gasteiger partial charge < -0.3 is 14.8 Å². The third-order valence-electron chi connectivity index (χ3n) is 4.88. The van der Waals surface area contributed by atoms with Gasteiger partial charge in [0.1, 0.15) is 5.75 Å². The first kappa shape index (κ1) is 24.8. The molecule has 2 heterocycles. The van der Waals surface area contributed by atoms with Gasteiger partial charge in [0.2, 0.25) is 5.91 Å². The van der Waals surface area contributed by atoms with Gasteiger partial charge >= 0.3 is 0 Å². The first-order valence-corrected chi connectivity index (χ1v) is 8.83. The summed E-state index contributed by atoms with van der Waals surface area (Å²) < 4.78 is 37.2. The van der Waals surface area contributed by atoms with Gasteiger partial charge in [0.05, 0.1) is 39.0 Å². The van der Waals surface area contributed by atoms with Crippen LogP contribution in [-0.2, 0) is 9.53 Å². The summed E-state index contributed by atoms with van der Waals surface area (Å²) >= 11 is 0. The van der Waals surface area contributed by atoms with Gasteiger partial charge in [0.25, 0.3) is 5.92 Å². The van der Waals surface area contributed by atoms with E-state index in [2.05, 4.69) is 15.5 Å². The molecular weight excluding hydrogens is 415 g/mol. The number of ether oxygens (including phenoxy) is 2. The molecule has 28 heavy (non-hydrogen) atoms. The van der Waals surface area contributed by atoms with E-state index in [9.17, 15) is 13.6 Å². The van der Waals surface area contributed by atoms with Crippen LogP contribution < -0.4 is 15.4 Å². The third kappa shape index (κ3) is 6.42. The number of rotatable bonds is 6. The second kappa shape index (κ2) is 11.1. The predicted octanol–water partition coefficient (Wildman–Crippen LogP) is 2.03. The molecule has 1 aromatic rings. The fourth-order valence-corrected chi connectivity index (χ4v) is 3.39. The van der Waals surface area contributed by atoms with Gasteiger partial charge in [-0.3, -0.25) is 15.0 Å². The van der Waals surface area contributed by atoms with E-state index in [0.29, 0.717) is 19.8 Å². The number of carbonyl (C=O) groups is 1. The molecular formula is C18H27Cl2F2N3O3. The topological polar surface area (TPSA) is 62.8 Å². The Balaban J connectivity index is 0.00000196. The van der Waals surface area contributed by atoms with E-state index in [1.54, 1.807) is 7.11 Å². The fraction of sp³-hybridized carbons (Fsp3) is 0.611. The van der Waals surface area contributed by atoms with Crippen LogP contribution in [0.1, 0.15) is 18.0 Å². The molecule has 6 nitrogen and oxygen atoms in total. The summed E-state index contributed by atoms with van der Waals surface area (Å²) in [5, 5.41) is 5.43. The molecule has 160 valence electrons. The van der Waals surface area contributed by atoms with Crippen LogP contribution in [0.2, 0.25) is 0 Å². The molecule has 2 fully saturated rings. The van der Waals surface area contributed by atoms with Gasteiger partial charge in [-0.25, -0.2) is 8.78 Å². The molecule has 0 aliphatic carbocycles. The first-order chi connectivity index (χ1) is 12.5. The zero-order valence-electron chi connectivity index (χ0n) is 15.7. The second-order valence-electron chi connectivity index (χ2n) is 6.68. The lowest BCUT2D eigenvalue weighted by Crippen LogP contribution is -2.47. The molecule has 0 saturated carbocycles. The van der Waals surface area contributed by atoms with Crippen molar-refractivity contribution in [2.45, 2.75) is 24.4 Å². The summed E-state index contributed by atoms with van der Waals surface area (Å²) in [6.45, 7) is 2.69. The number of nitrogens with zero attached hydrogens (tertiary/aromatic N) is 1. The zero-order chi connectivity index (χ0) is 18.6. The Kier molecular flexibility index (Phi) is 9.86. The number of carbonyl (C=O) groups excluding carboxylic acids is 1. The predicted molar refractivity (Wildman–Crippen MR) is 107 cm³/mol. The number of hydrogen-bond acceptors (Lipinski definition) is 5. The number of alkyl halides is 2. The minimum Gasteiger partial charge on any atom is -0.497 e. The summed E-state index contributed by atoms with van der Waals surface area (Å²) in [4.78, 5) is 14.5. The first-order valence-electron chi connectivity index (χ1n) is 8.83. The van der Waals surface area contributed by atoms with Crippen molar-refractivity contribution in [2.75, 3.05) is 46.5 Å². The Morgan fingerprint density at radius 1 is 1.32 bits per heavy atom. The smallest absolute Gasteiger partial charge is 0.262 e. The maximum Gasteiger partial charge on any atom is 0.262 e. The lowest BCUT2D eigenvalue weighted by atomic mass is 10.0. The van der Waals surface area contributed by atoms with Crippen molar-refractivity contribution in [3.63, 3.8) is 0 Å². The molecule has 2 N–H and O–H groups in total. The molecule has 0 aromatic heterocycles. The Morgan fingerprint density at radius 2 is 1.96 bits per heavy atom. The molecule has 3 rings (SSSR count). The lowest BCUT2D eigenvalue weighted by Gasteiger charge is -2.35. The van der Waals surface area contributed by atoms with Crippen molar-refractivity contribution < 1.29 is 23.0 Å². The van der Waals surface area contributed by atoms with Crippen LogP contribution in [0.4, 0.5) is 8.78 Å². The van der Waals surface area contributed by atoms with E-state index in [4.69, 9.17) is 9.47 Å². The number of hydrogen-bond donors (Lipinski definition) is 2. The average molecular weight is 442 g/mol. The molecule has 2 unspecified atom stereocenters. The van der Waals surface area contributed by atoms with Gasteiger partial charge in [-0.05, 0) is 17.7 Å². The maximum absolute atomic E-state index is 13.3. The van der Waals surface area contributed by atoms with Crippen LogP contribution in [0.25, 0.3) is 0 Å². The van der Waals surface area contributed by atoms with E-state index in [1.165, 1.54) is 0 Å². The molecule has 1 aromatic carbocycles. The van der Waals surface area contributed by atoms with Crippen molar-refractivity contribution in [2.24, 2.45) is 0 Å². The monoisotopic (exact) mass is 441 g/mol. The van der Waals surface area contributed by atoms with Gasteiger partial charge in [-0.2, -0.15) is 0 Å². The Bertz CT molecular complexity index is 617. The summed E-state index contributed by atoms with van der Waals surface area (Å²) in [7, 11) is 1.61. The highest BCUT2D eigenvalue weighted by Gasteiger charge is 2.42. The number of methoxy groups -OCH3 is 1. The molecule has 10 heteroatoms. The SMILES string of the molecule is COc1ccc(C(CNC(=O)C2CC(F)(F)CN2)N2CCOCC2)cc1.Cl.Cl. The van der Waals surface area contributed by atoms with Gasteiger partial charge in [0, 0.05) is 26.1 Å². The summed E-state index contributed by atoms with van der Waals surface area (Å²) in [6, 6.07) is 6.80. The molecule has 2 saturated heterocycles. The number of morpholine rings is 1. The fourth-order valence-electron chi connectivity index (χ4n) is 3.39. The Morgan fingerprint density at radius 3 is 2.50 bits per heavy atom. The third-order valence-corrected chi connectivity index (χ3v) is 4.88. The van der Waals surface area contributed by atoms with E-state index in [0.717, 1.165) is 24.4 Å². The van der Waals surface area contributed by atoms with Crippen LogP contribution >= 0.6 is 24.8 Å². The largest absolute Gasteiger partial charge is 0.497 e. The minimum atomic E-state index is -2.82. The van der Waals surface area contributed by atoms with Crippen LogP contribution in [0.3, 0.4) is 0 Å². The van der Waals surface area contributed by atoms with E-state index >= 15 is 0 Å². The second-order valence-corrected chi connectivity index (χ2v) is 6.68. The van der Waals surface area contributed by atoms with E-state index in [-0.39, 0.29) is 36.8 Å². The quantitative estimate of drug-likeness (QED) is 0.706. The standard InChI is InChI=1S/C18H25F2N3O3.2ClH/c1-25-14-4-2-13(3-5-14)16(23-6-8-26-9-7-23)11-21-17(24)15-10-18(19,20)12-22-15;;/h2-5,15-16,22H,6-12H2,1H3,(H,21,24);2*1H. The van der Waals surface area contributed by atoms with Gasteiger partial charge in [-0.1, -0.05) is 12.1 Å². The molecule has 2 atom stereocenters. The molecule has 2 aliphatic heterocycles. The van der Waals surface area contributed by atoms with E-state index in [1.807, 2.05) is 24.3 Å². The van der Waals surface area contributed by atoms with Crippen molar-refractivity contribution in [1.82, 2.24) is 15.5 Å². The number of halogens is 4. The molecule has 0 spiro atoms. The molecule has 0 bridgehead atoms. The number of amides is 1. The normalized spacial score (nSPS) is 22.5. The Hall–Kier alpha value is -1.19. The maximum atomic E-state index is 13.3. The number of benzene rings is 1. The zero-order valence-corrected chi connectivity index (χ0v) is 17.3. The highest BCUT2D eigenvalue weighted by Crippen LogP contribution is 2.26. The van der Waals surface area contributed by atoms with Crippen molar-refractivity contribution >= 4 is 30.7 Å². The highest BCUT2D eigenvalue weighted by atomic mass is 35.5. The minimum absolute atomic E-state index is 0. The Labute approximate surface area is 176 Å². The molecule has 2 aliphatic rings. The van der Waals surface area contributed by atoms with Crippen LogP contribution in [0.15, 0.2) is 24.3 Å². The van der Waals surface area contributed by atoms with Gasteiger partial charge in [-0.15, -0.1) is 24.8 Å². The van der Waals surface area contributed by atoms with Crippen LogP contribution in [0.5, 0.6) is 5.75 Å². The van der Waals surface area contributed by atoms with Crippen LogP contribution in [0, 0.1) is 0 Å². The summed E-state index contributed by atoms with van der Waals surface area (Å²) in [5.74, 6) is -2.44. The van der Waals surface area contributed by atoms with Crippen LogP contribution in [-0.4, -0.2) is 69.3 Å². The van der Waals surface area contributed by atoms with Crippen molar-refractivity contribution in [3.05, 3.63) is 29.8 Å². The van der Waals surface area contributed by atoms with E-state index < -0.39 is 24.9 Å². The molecule has 1 amide bonds. The van der Waals surface area contributed by atoms with Crippen molar-refractivity contribution in [1.29, 1.82) is 0 Å². The number of nitrogens with one attached hydrogen (secondary N) is 2. The summed E-state index contributed by atoms with van der Waals surface area (Å²) in [6.07, 6.45) is -0.455. The summed E-state index contributed by atoms with van der Waals surface area (Å²) in [5.41, 5.74) is 1.04.